The van der Waals surface area contributed by atoms with Gasteiger partial charge in [-0.3, -0.25) is 4.79 Å². The number of nitrogens with one attached hydrogen (secondary N) is 2. The van der Waals surface area contributed by atoms with Gasteiger partial charge in [0.05, 0.1) is 12.1 Å². The average Bonchev–Trinajstić information content (AvgIpc) is 2.88. The fourth-order valence-corrected chi connectivity index (χ4v) is 2.34. The van der Waals surface area contributed by atoms with Gasteiger partial charge in [0, 0.05) is 13.2 Å². The van der Waals surface area contributed by atoms with E-state index >= 15 is 0 Å². The number of hydrogen-bond acceptors (Lipinski definition) is 6. The molecular formula is C10H16N4O2S. The maximum Gasteiger partial charge on any atom is 0.282 e. The van der Waals surface area contributed by atoms with Crippen LogP contribution in [0.2, 0.25) is 0 Å². The number of ether oxygens (including phenoxy) is 1. The minimum atomic E-state index is -0.277. The third-order valence-corrected chi connectivity index (χ3v) is 3.46. The van der Waals surface area contributed by atoms with Gasteiger partial charge in [-0.25, -0.2) is 0 Å². The Balaban J connectivity index is 1.98. The summed E-state index contributed by atoms with van der Waals surface area (Å²) in [6.45, 7) is 5.96. The first-order chi connectivity index (χ1) is 8.13. The smallest absolute Gasteiger partial charge is 0.282 e. The van der Waals surface area contributed by atoms with Crippen molar-refractivity contribution in [2.75, 3.05) is 25.1 Å². The molecule has 1 atom stereocenters. The lowest BCUT2D eigenvalue weighted by atomic mass is 10.0. The number of carbonyl (C=O) groups excluding carboxylic acids is 1. The summed E-state index contributed by atoms with van der Waals surface area (Å²) in [6, 6.07) is 0. The number of amides is 1. The SMILES string of the molecule is CCNc1nnc(C(=O)NC2(C)CCOC2)s1. The summed E-state index contributed by atoms with van der Waals surface area (Å²) in [6.07, 6.45) is 0.831. The normalized spacial score (nSPS) is 23.6. The van der Waals surface area contributed by atoms with E-state index in [1.807, 2.05) is 13.8 Å². The lowest BCUT2D eigenvalue weighted by molar-refractivity contribution is 0.0888. The molecule has 94 valence electrons. The number of anilines is 1. The van der Waals surface area contributed by atoms with Gasteiger partial charge in [0.1, 0.15) is 0 Å². The predicted molar refractivity (Wildman–Crippen MR) is 65.4 cm³/mol. The van der Waals surface area contributed by atoms with E-state index in [1.165, 1.54) is 11.3 Å². The first kappa shape index (κ1) is 12.3. The molecule has 2 N–H and O–H groups in total. The van der Waals surface area contributed by atoms with Crippen molar-refractivity contribution in [3.8, 4) is 0 Å². The standard InChI is InChI=1S/C10H16N4O2S/c1-3-11-9-14-13-8(17-9)7(15)12-10(2)4-5-16-6-10/h3-6H2,1-2H3,(H,11,14)(H,12,15). The largest absolute Gasteiger partial charge is 0.379 e. The van der Waals surface area contributed by atoms with E-state index < -0.39 is 0 Å². The fraction of sp³-hybridized carbons (Fsp3) is 0.700. The minimum Gasteiger partial charge on any atom is -0.379 e. The Labute approximate surface area is 104 Å². The molecular weight excluding hydrogens is 240 g/mol. The highest BCUT2D eigenvalue weighted by Crippen LogP contribution is 2.20. The van der Waals surface area contributed by atoms with Crippen LogP contribution in [0, 0.1) is 0 Å². The molecule has 0 saturated carbocycles. The van der Waals surface area contributed by atoms with Crippen molar-refractivity contribution < 1.29 is 9.53 Å². The van der Waals surface area contributed by atoms with Gasteiger partial charge >= 0.3 is 0 Å². The summed E-state index contributed by atoms with van der Waals surface area (Å²) >= 11 is 1.26. The van der Waals surface area contributed by atoms with Crippen molar-refractivity contribution in [3.05, 3.63) is 5.01 Å². The van der Waals surface area contributed by atoms with Gasteiger partial charge < -0.3 is 15.4 Å². The molecule has 0 aliphatic carbocycles. The van der Waals surface area contributed by atoms with Crippen molar-refractivity contribution in [1.29, 1.82) is 0 Å². The van der Waals surface area contributed by atoms with Crippen LogP contribution in [0.15, 0.2) is 0 Å². The van der Waals surface area contributed by atoms with Crippen LogP contribution in [0.25, 0.3) is 0 Å². The van der Waals surface area contributed by atoms with Crippen molar-refractivity contribution in [2.45, 2.75) is 25.8 Å². The van der Waals surface area contributed by atoms with Gasteiger partial charge in [0.25, 0.3) is 5.91 Å². The van der Waals surface area contributed by atoms with Crippen LogP contribution in [0.1, 0.15) is 30.1 Å². The van der Waals surface area contributed by atoms with Crippen molar-refractivity contribution in [3.63, 3.8) is 0 Å². The first-order valence-electron chi connectivity index (χ1n) is 5.60. The van der Waals surface area contributed by atoms with Crippen molar-refractivity contribution >= 4 is 22.4 Å². The van der Waals surface area contributed by atoms with Crippen LogP contribution in [0.4, 0.5) is 5.13 Å². The summed E-state index contributed by atoms with van der Waals surface area (Å²) in [7, 11) is 0. The first-order valence-corrected chi connectivity index (χ1v) is 6.42. The Morgan fingerprint density at radius 2 is 2.41 bits per heavy atom. The second-order valence-corrected chi connectivity index (χ2v) is 5.24. The second-order valence-electron chi connectivity index (χ2n) is 4.26. The molecule has 1 aliphatic heterocycles. The molecule has 1 fully saturated rings. The Morgan fingerprint density at radius 1 is 1.59 bits per heavy atom. The monoisotopic (exact) mass is 256 g/mol. The maximum absolute atomic E-state index is 11.9. The van der Waals surface area contributed by atoms with E-state index in [0.717, 1.165) is 13.0 Å². The number of carbonyl (C=O) groups is 1. The zero-order valence-corrected chi connectivity index (χ0v) is 10.8. The van der Waals surface area contributed by atoms with Gasteiger partial charge in [-0.05, 0) is 20.3 Å². The zero-order valence-electron chi connectivity index (χ0n) is 9.95. The van der Waals surface area contributed by atoms with Gasteiger partial charge in [-0.2, -0.15) is 0 Å². The van der Waals surface area contributed by atoms with Crippen molar-refractivity contribution in [2.24, 2.45) is 0 Å². The molecule has 0 bridgehead atoms. The van der Waals surface area contributed by atoms with Crippen LogP contribution in [-0.2, 0) is 4.74 Å². The molecule has 1 aromatic rings. The average molecular weight is 256 g/mol. The summed E-state index contributed by atoms with van der Waals surface area (Å²) in [5, 5.41) is 14.8. The number of aromatic nitrogens is 2. The Morgan fingerprint density at radius 3 is 3.06 bits per heavy atom. The molecule has 0 radical (unpaired) electrons. The Kier molecular flexibility index (Phi) is 3.58. The topological polar surface area (TPSA) is 76.1 Å². The molecule has 1 aromatic heterocycles. The molecule has 1 unspecified atom stereocenters. The van der Waals surface area contributed by atoms with Crippen LogP contribution >= 0.6 is 11.3 Å². The minimum absolute atomic E-state index is 0.181. The van der Waals surface area contributed by atoms with Crippen molar-refractivity contribution in [1.82, 2.24) is 15.5 Å². The molecule has 1 aliphatic rings. The molecule has 1 amide bonds. The highest BCUT2D eigenvalue weighted by atomic mass is 32.1. The van der Waals surface area contributed by atoms with Gasteiger partial charge in [0.2, 0.25) is 10.1 Å². The van der Waals surface area contributed by atoms with Gasteiger partial charge in [-0.15, -0.1) is 10.2 Å². The zero-order chi connectivity index (χ0) is 12.3. The fourth-order valence-electron chi connectivity index (χ4n) is 1.63. The molecule has 0 aromatic carbocycles. The third kappa shape index (κ3) is 2.92. The third-order valence-electron chi connectivity index (χ3n) is 2.58. The van der Waals surface area contributed by atoms with E-state index in [-0.39, 0.29) is 11.4 Å². The Hall–Kier alpha value is -1.21. The summed E-state index contributed by atoms with van der Waals surface area (Å²) in [4.78, 5) is 11.9. The number of hydrogen-bond donors (Lipinski definition) is 2. The maximum atomic E-state index is 11.9. The quantitative estimate of drug-likeness (QED) is 0.836. The van der Waals surface area contributed by atoms with E-state index in [2.05, 4.69) is 20.8 Å². The molecule has 0 spiro atoms. The van der Waals surface area contributed by atoms with Crippen LogP contribution in [-0.4, -0.2) is 41.4 Å². The molecule has 2 rings (SSSR count). The number of rotatable bonds is 4. The summed E-state index contributed by atoms with van der Waals surface area (Å²) in [5.74, 6) is -0.181. The second kappa shape index (κ2) is 4.97. The predicted octanol–water partition coefficient (Wildman–Crippen LogP) is 0.879. The summed E-state index contributed by atoms with van der Waals surface area (Å²) < 4.78 is 5.28. The highest BCUT2D eigenvalue weighted by Gasteiger charge is 2.32. The van der Waals surface area contributed by atoms with Crippen LogP contribution < -0.4 is 10.6 Å². The molecule has 7 heteroatoms. The summed E-state index contributed by atoms with van der Waals surface area (Å²) in [5.41, 5.74) is -0.277. The molecule has 1 saturated heterocycles. The highest BCUT2D eigenvalue weighted by molar-refractivity contribution is 7.17. The van der Waals surface area contributed by atoms with E-state index in [1.54, 1.807) is 0 Å². The van der Waals surface area contributed by atoms with Gasteiger partial charge in [-0.1, -0.05) is 11.3 Å². The van der Waals surface area contributed by atoms with E-state index in [0.29, 0.717) is 23.4 Å². The van der Waals surface area contributed by atoms with Crippen LogP contribution in [0.5, 0.6) is 0 Å². The number of nitrogens with zero attached hydrogens (tertiary/aromatic N) is 2. The van der Waals surface area contributed by atoms with E-state index in [9.17, 15) is 4.79 Å². The molecule has 17 heavy (non-hydrogen) atoms. The molecule has 6 nitrogen and oxygen atoms in total. The van der Waals surface area contributed by atoms with E-state index in [4.69, 9.17) is 4.74 Å². The lowest BCUT2D eigenvalue weighted by Crippen LogP contribution is -2.46. The van der Waals surface area contributed by atoms with Crippen LogP contribution in [0.3, 0.4) is 0 Å². The van der Waals surface area contributed by atoms with Gasteiger partial charge in [0.15, 0.2) is 0 Å². The lowest BCUT2D eigenvalue weighted by Gasteiger charge is -2.22. The molecule has 2 heterocycles. The Bertz CT molecular complexity index is 401.